The van der Waals surface area contributed by atoms with E-state index >= 15 is 0 Å². The van der Waals surface area contributed by atoms with E-state index < -0.39 is 11.9 Å². The van der Waals surface area contributed by atoms with Gasteiger partial charge in [0.1, 0.15) is 5.82 Å². The van der Waals surface area contributed by atoms with Crippen molar-refractivity contribution in [3.05, 3.63) is 92.1 Å². The molecule has 0 saturated heterocycles. The van der Waals surface area contributed by atoms with Crippen molar-refractivity contribution in [1.82, 2.24) is 19.3 Å². The fraction of sp³-hybridized carbons (Fsp3) is 0.379. The first-order valence-corrected chi connectivity index (χ1v) is 12.8. The second-order valence-electron chi connectivity index (χ2n) is 9.65. The predicted octanol–water partition coefficient (Wildman–Crippen LogP) is 4.52. The summed E-state index contributed by atoms with van der Waals surface area (Å²) in [4.78, 5) is 30.3. The molecule has 8 nitrogen and oxygen atoms in total. The molecule has 2 heterocycles. The lowest BCUT2D eigenvalue weighted by Crippen LogP contribution is -2.33. The molecule has 1 unspecified atom stereocenters. The van der Waals surface area contributed by atoms with Crippen LogP contribution in [0, 0.1) is 5.92 Å². The number of aromatic nitrogens is 4. The Kier molecular flexibility index (Phi) is 7.88. The van der Waals surface area contributed by atoms with E-state index in [4.69, 9.17) is 9.51 Å². The molecule has 0 radical (unpaired) electrons. The molecule has 0 bridgehead atoms. The standard InChI is InChI=1S/C29H34N4O4/c1-6-10-24-30-23(7-2)25(26(34)18(3)4)28(35)33(24)17-19-13-15-20(16-14-19)21-11-8-9-12-22(21)27-31-37-29(36)32(27)5/h8-9,11-16,18,26,34H,6-7,10,17H2,1-5H3. The highest BCUT2D eigenvalue weighted by atomic mass is 16.5. The Balaban J connectivity index is 1.73. The van der Waals surface area contributed by atoms with Gasteiger partial charge in [-0.3, -0.25) is 18.5 Å². The van der Waals surface area contributed by atoms with E-state index in [0.29, 0.717) is 36.5 Å². The van der Waals surface area contributed by atoms with Gasteiger partial charge in [0.25, 0.3) is 5.56 Å². The molecule has 2 aromatic heterocycles. The summed E-state index contributed by atoms with van der Waals surface area (Å²) in [6.07, 6.45) is 1.28. The Morgan fingerprint density at radius 1 is 1.00 bits per heavy atom. The minimum atomic E-state index is -0.858. The van der Waals surface area contributed by atoms with Crippen LogP contribution >= 0.6 is 0 Å². The predicted molar refractivity (Wildman–Crippen MR) is 143 cm³/mol. The highest BCUT2D eigenvalue weighted by Gasteiger charge is 2.24. The SMILES string of the molecule is CCCc1nc(CC)c(C(O)C(C)C)c(=O)n1Cc1ccc(-c2ccccc2-c2noc(=O)n2C)cc1. The molecule has 8 heteroatoms. The summed E-state index contributed by atoms with van der Waals surface area (Å²) in [5.41, 5.74) is 4.52. The minimum absolute atomic E-state index is 0.0890. The van der Waals surface area contributed by atoms with Gasteiger partial charge in [-0.15, -0.1) is 0 Å². The van der Waals surface area contributed by atoms with E-state index in [1.807, 2.05) is 69.3 Å². The topological polar surface area (TPSA) is 103 Å². The summed E-state index contributed by atoms with van der Waals surface area (Å²) in [5.74, 6) is 0.594. The van der Waals surface area contributed by atoms with Crippen LogP contribution in [0.15, 0.2) is 62.6 Å². The van der Waals surface area contributed by atoms with Crippen LogP contribution < -0.4 is 11.3 Å². The van der Waals surface area contributed by atoms with Crippen molar-refractivity contribution in [2.75, 3.05) is 0 Å². The first-order chi connectivity index (χ1) is 17.8. The zero-order chi connectivity index (χ0) is 26.7. The van der Waals surface area contributed by atoms with Gasteiger partial charge >= 0.3 is 5.76 Å². The van der Waals surface area contributed by atoms with Gasteiger partial charge in [-0.25, -0.2) is 9.78 Å². The molecule has 0 amide bonds. The molecule has 0 spiro atoms. The van der Waals surface area contributed by atoms with Crippen molar-refractivity contribution in [2.45, 2.75) is 59.6 Å². The van der Waals surface area contributed by atoms with Gasteiger partial charge in [0.2, 0.25) is 0 Å². The van der Waals surface area contributed by atoms with Crippen LogP contribution in [0.5, 0.6) is 0 Å². The van der Waals surface area contributed by atoms with Gasteiger partial charge in [0.05, 0.1) is 23.9 Å². The number of rotatable bonds is 9. The van der Waals surface area contributed by atoms with E-state index in [2.05, 4.69) is 12.1 Å². The number of hydrogen-bond donors (Lipinski definition) is 1. The lowest BCUT2D eigenvalue weighted by molar-refractivity contribution is 0.123. The molecule has 4 aromatic rings. The van der Waals surface area contributed by atoms with Gasteiger partial charge in [0.15, 0.2) is 5.82 Å². The van der Waals surface area contributed by atoms with Crippen molar-refractivity contribution in [1.29, 1.82) is 0 Å². The van der Waals surface area contributed by atoms with Crippen LogP contribution in [0.2, 0.25) is 0 Å². The summed E-state index contributed by atoms with van der Waals surface area (Å²) in [6.45, 7) is 8.20. The smallest absolute Gasteiger partial charge is 0.388 e. The summed E-state index contributed by atoms with van der Waals surface area (Å²) in [7, 11) is 1.63. The molecule has 2 aromatic carbocycles. The lowest BCUT2D eigenvalue weighted by Gasteiger charge is -2.21. The summed E-state index contributed by atoms with van der Waals surface area (Å²) < 4.78 is 7.91. The summed E-state index contributed by atoms with van der Waals surface area (Å²) in [5, 5.41) is 14.8. The Morgan fingerprint density at radius 3 is 2.24 bits per heavy atom. The molecule has 1 N–H and O–H groups in total. The number of hydrogen-bond acceptors (Lipinski definition) is 6. The number of nitrogens with zero attached hydrogens (tertiary/aromatic N) is 4. The van der Waals surface area contributed by atoms with Gasteiger partial charge in [0, 0.05) is 19.0 Å². The van der Waals surface area contributed by atoms with Crippen molar-refractivity contribution in [2.24, 2.45) is 13.0 Å². The van der Waals surface area contributed by atoms with Crippen molar-refractivity contribution >= 4 is 0 Å². The average molecular weight is 503 g/mol. The van der Waals surface area contributed by atoms with Crippen molar-refractivity contribution < 1.29 is 9.63 Å². The normalized spacial score (nSPS) is 12.3. The molecule has 0 aliphatic carbocycles. The average Bonchev–Trinajstić information content (AvgIpc) is 3.23. The third-order valence-electron chi connectivity index (χ3n) is 6.67. The molecule has 37 heavy (non-hydrogen) atoms. The fourth-order valence-corrected chi connectivity index (χ4v) is 4.56. The Morgan fingerprint density at radius 2 is 1.68 bits per heavy atom. The zero-order valence-electron chi connectivity index (χ0n) is 22.1. The quantitative estimate of drug-likeness (QED) is 0.361. The molecule has 0 aliphatic rings. The Bertz CT molecular complexity index is 1500. The van der Waals surface area contributed by atoms with E-state index in [-0.39, 0.29) is 11.5 Å². The van der Waals surface area contributed by atoms with E-state index in [1.54, 1.807) is 11.6 Å². The molecule has 0 fully saturated rings. The van der Waals surface area contributed by atoms with Crippen LogP contribution in [-0.4, -0.2) is 24.4 Å². The second kappa shape index (κ2) is 11.1. The van der Waals surface area contributed by atoms with E-state index in [1.165, 1.54) is 4.57 Å². The first-order valence-electron chi connectivity index (χ1n) is 12.8. The van der Waals surface area contributed by atoms with Crippen LogP contribution in [0.3, 0.4) is 0 Å². The Hall–Kier alpha value is -3.78. The van der Waals surface area contributed by atoms with Crippen LogP contribution in [0.25, 0.3) is 22.5 Å². The van der Waals surface area contributed by atoms with Crippen LogP contribution in [0.1, 0.15) is 62.9 Å². The maximum Gasteiger partial charge on any atom is 0.441 e. The maximum absolute atomic E-state index is 13.6. The number of aliphatic hydroxyl groups excluding tert-OH is 1. The number of benzene rings is 2. The van der Waals surface area contributed by atoms with Crippen LogP contribution in [0.4, 0.5) is 0 Å². The highest BCUT2D eigenvalue weighted by Crippen LogP contribution is 2.30. The second-order valence-corrected chi connectivity index (χ2v) is 9.65. The largest absolute Gasteiger partial charge is 0.441 e. The third kappa shape index (κ3) is 5.20. The summed E-state index contributed by atoms with van der Waals surface area (Å²) in [6, 6.07) is 15.7. The number of aliphatic hydroxyl groups is 1. The van der Waals surface area contributed by atoms with Crippen molar-refractivity contribution in [3.63, 3.8) is 0 Å². The van der Waals surface area contributed by atoms with Gasteiger partial charge in [-0.2, -0.15) is 0 Å². The van der Waals surface area contributed by atoms with Crippen LogP contribution in [-0.2, 0) is 26.4 Å². The lowest BCUT2D eigenvalue weighted by atomic mass is 9.97. The highest BCUT2D eigenvalue weighted by molar-refractivity contribution is 5.80. The summed E-state index contributed by atoms with van der Waals surface area (Å²) >= 11 is 0. The molecular weight excluding hydrogens is 468 g/mol. The van der Waals surface area contributed by atoms with E-state index in [0.717, 1.165) is 34.5 Å². The van der Waals surface area contributed by atoms with Gasteiger partial charge < -0.3 is 5.11 Å². The monoisotopic (exact) mass is 502 g/mol. The zero-order valence-corrected chi connectivity index (χ0v) is 22.1. The fourth-order valence-electron chi connectivity index (χ4n) is 4.56. The van der Waals surface area contributed by atoms with E-state index in [9.17, 15) is 14.7 Å². The molecular formula is C29H34N4O4. The molecule has 4 rings (SSSR count). The first kappa shape index (κ1) is 26.3. The third-order valence-corrected chi connectivity index (χ3v) is 6.67. The van der Waals surface area contributed by atoms with Crippen molar-refractivity contribution in [3.8, 4) is 22.5 Å². The molecule has 0 aliphatic heterocycles. The maximum atomic E-state index is 13.6. The van der Waals surface area contributed by atoms with Gasteiger partial charge in [-0.05, 0) is 35.4 Å². The van der Waals surface area contributed by atoms with Gasteiger partial charge in [-0.1, -0.05) is 81.4 Å². The Labute approximate surface area is 216 Å². The molecule has 1 atom stereocenters. The minimum Gasteiger partial charge on any atom is -0.388 e. The molecule has 194 valence electrons. The molecule has 0 saturated carbocycles. The number of aryl methyl sites for hydroxylation is 2.